The first-order chi connectivity index (χ1) is 4.72. The number of carbonyl (C=O) groups is 1. The van der Waals surface area contributed by atoms with Crippen LogP contribution in [0.5, 0.6) is 0 Å². The highest BCUT2D eigenvalue weighted by atomic mass is 127. The molecular formula is C5H10I2N2O. The molecule has 0 saturated carbocycles. The molecule has 0 radical (unpaired) electrons. The second kappa shape index (κ2) is 6.59. The molecule has 0 bridgehead atoms. The second-order valence-corrected chi connectivity index (χ2v) is 3.72. The van der Waals surface area contributed by atoms with Crippen LogP contribution in [0, 0.1) is 0 Å². The Balaban J connectivity index is 3.61. The maximum Gasteiger partial charge on any atom is 0.283 e. The molecule has 0 fully saturated rings. The summed E-state index contributed by atoms with van der Waals surface area (Å²) in [5.41, 5.74) is 5.30. The van der Waals surface area contributed by atoms with E-state index in [2.05, 4.69) is 22.6 Å². The van der Waals surface area contributed by atoms with Crippen LogP contribution >= 0.6 is 45.2 Å². The predicted molar refractivity (Wildman–Crippen MR) is 58.9 cm³/mol. The van der Waals surface area contributed by atoms with Gasteiger partial charge in [0.2, 0.25) is 0 Å². The first-order valence-corrected chi connectivity index (χ1v) is 5.53. The van der Waals surface area contributed by atoms with Crippen LogP contribution in [0.1, 0.15) is 0 Å². The van der Waals surface area contributed by atoms with E-state index in [1.807, 2.05) is 0 Å². The zero-order valence-corrected chi connectivity index (χ0v) is 9.83. The maximum atomic E-state index is 10.8. The van der Waals surface area contributed by atoms with Gasteiger partial charge in [-0.25, -0.2) is 0 Å². The van der Waals surface area contributed by atoms with E-state index in [0.29, 0.717) is 13.1 Å². The number of hydrogen-bond acceptors (Lipinski definition) is 2. The van der Waals surface area contributed by atoms with Crippen LogP contribution in [-0.4, -0.2) is 32.9 Å². The third-order valence-corrected chi connectivity index (χ3v) is 2.17. The fourth-order valence-corrected chi connectivity index (χ4v) is 1.61. The summed E-state index contributed by atoms with van der Waals surface area (Å²) in [4.78, 5) is 12.5. The minimum absolute atomic E-state index is 0.0831. The summed E-state index contributed by atoms with van der Waals surface area (Å²) in [7, 11) is 0. The lowest BCUT2D eigenvalue weighted by Gasteiger charge is -2.16. The Morgan fingerprint density at radius 2 is 2.10 bits per heavy atom. The number of alkyl halides is 1. The van der Waals surface area contributed by atoms with Crippen molar-refractivity contribution in [2.45, 2.75) is 0 Å². The van der Waals surface area contributed by atoms with Gasteiger partial charge in [-0.1, -0.05) is 22.6 Å². The number of nitrogens with zero attached hydrogens (tertiary/aromatic N) is 1. The van der Waals surface area contributed by atoms with Gasteiger partial charge >= 0.3 is 0 Å². The maximum absolute atomic E-state index is 10.8. The molecule has 0 heterocycles. The Morgan fingerprint density at radius 1 is 1.50 bits per heavy atom. The quantitative estimate of drug-likeness (QED) is 0.351. The van der Waals surface area contributed by atoms with Gasteiger partial charge in [0.15, 0.2) is 0 Å². The van der Waals surface area contributed by atoms with Crippen molar-refractivity contribution in [3.63, 3.8) is 0 Å². The van der Waals surface area contributed by atoms with Crippen LogP contribution < -0.4 is 5.73 Å². The normalized spacial score (nSPS) is 9.50. The van der Waals surface area contributed by atoms with Gasteiger partial charge in [-0.2, -0.15) is 0 Å². The average Bonchev–Trinajstić information content (AvgIpc) is 1.87. The molecule has 0 aliphatic carbocycles. The lowest BCUT2D eigenvalue weighted by atomic mass is 10.5. The summed E-state index contributed by atoms with van der Waals surface area (Å²) in [5, 5.41) is 0. The number of amides is 1. The molecule has 0 aromatic heterocycles. The minimum Gasteiger partial charge on any atom is -0.332 e. The molecule has 0 aliphatic rings. The van der Waals surface area contributed by atoms with Crippen molar-refractivity contribution in [2.75, 3.05) is 24.1 Å². The van der Waals surface area contributed by atoms with Crippen LogP contribution in [0.25, 0.3) is 0 Å². The Morgan fingerprint density at radius 3 is 2.40 bits per heavy atom. The number of halogens is 2. The van der Waals surface area contributed by atoms with E-state index in [4.69, 9.17) is 5.73 Å². The van der Waals surface area contributed by atoms with Crippen molar-refractivity contribution in [2.24, 2.45) is 5.73 Å². The summed E-state index contributed by atoms with van der Waals surface area (Å²) < 4.78 is 1.05. The fraction of sp³-hybridized carbons (Fsp3) is 0.800. The summed E-state index contributed by atoms with van der Waals surface area (Å²) in [6, 6.07) is 0. The van der Waals surface area contributed by atoms with E-state index >= 15 is 0 Å². The molecule has 5 heteroatoms. The molecule has 60 valence electrons. The zero-order valence-electron chi connectivity index (χ0n) is 5.52. The average molecular weight is 368 g/mol. The molecule has 0 atom stereocenters. The molecule has 2 N–H and O–H groups in total. The zero-order chi connectivity index (χ0) is 7.98. The second-order valence-electron chi connectivity index (χ2n) is 1.72. The molecule has 0 spiro atoms. The van der Waals surface area contributed by atoms with E-state index in [9.17, 15) is 4.79 Å². The fourth-order valence-electron chi connectivity index (χ4n) is 0.545. The van der Waals surface area contributed by atoms with Gasteiger partial charge in [-0.3, -0.25) is 4.79 Å². The van der Waals surface area contributed by atoms with E-state index < -0.39 is 0 Å². The SMILES string of the molecule is NCCN(CCI)C(=O)I. The molecule has 3 nitrogen and oxygen atoms in total. The number of nitrogens with two attached hydrogens (primary N) is 1. The first kappa shape index (κ1) is 10.9. The van der Waals surface area contributed by atoms with E-state index in [1.54, 1.807) is 27.5 Å². The Hall–Kier alpha value is 0.890. The smallest absolute Gasteiger partial charge is 0.283 e. The van der Waals surface area contributed by atoms with Crippen LogP contribution in [0.3, 0.4) is 0 Å². The van der Waals surface area contributed by atoms with Crippen molar-refractivity contribution in [3.8, 4) is 0 Å². The van der Waals surface area contributed by atoms with Crippen LogP contribution in [0.15, 0.2) is 0 Å². The molecule has 0 aliphatic heterocycles. The first-order valence-electron chi connectivity index (χ1n) is 2.92. The number of carbonyl (C=O) groups excluding carboxylic acids is 1. The summed E-state index contributed by atoms with van der Waals surface area (Å²) in [5.74, 6) is 0. The van der Waals surface area contributed by atoms with Gasteiger partial charge in [0.1, 0.15) is 0 Å². The van der Waals surface area contributed by atoms with Crippen LogP contribution in [-0.2, 0) is 0 Å². The van der Waals surface area contributed by atoms with E-state index in [0.717, 1.165) is 11.0 Å². The Labute approximate surface area is 88.0 Å². The third kappa shape index (κ3) is 4.67. The van der Waals surface area contributed by atoms with Gasteiger partial charge in [-0.15, -0.1) is 0 Å². The highest BCUT2D eigenvalue weighted by molar-refractivity contribution is 14.1. The highest BCUT2D eigenvalue weighted by Gasteiger charge is 2.06. The van der Waals surface area contributed by atoms with Gasteiger partial charge in [0.25, 0.3) is 3.91 Å². The van der Waals surface area contributed by atoms with E-state index in [1.165, 1.54) is 0 Å². The van der Waals surface area contributed by atoms with Gasteiger partial charge in [0.05, 0.1) is 0 Å². The van der Waals surface area contributed by atoms with Crippen molar-refractivity contribution in [3.05, 3.63) is 0 Å². The largest absolute Gasteiger partial charge is 0.332 e. The van der Waals surface area contributed by atoms with Gasteiger partial charge < -0.3 is 10.6 Å². The Bertz CT molecular complexity index is 104. The monoisotopic (exact) mass is 368 g/mol. The van der Waals surface area contributed by atoms with Crippen LogP contribution in [0.4, 0.5) is 4.79 Å². The Kier molecular flexibility index (Phi) is 7.18. The molecule has 1 amide bonds. The lowest BCUT2D eigenvalue weighted by molar-refractivity contribution is 0.231. The van der Waals surface area contributed by atoms with Crippen molar-refractivity contribution < 1.29 is 4.79 Å². The minimum atomic E-state index is 0.0831. The van der Waals surface area contributed by atoms with Crippen LogP contribution in [0.2, 0.25) is 0 Å². The topological polar surface area (TPSA) is 46.3 Å². The molecular weight excluding hydrogens is 358 g/mol. The van der Waals surface area contributed by atoms with Gasteiger partial charge in [0, 0.05) is 46.7 Å². The van der Waals surface area contributed by atoms with Gasteiger partial charge in [-0.05, 0) is 0 Å². The number of rotatable bonds is 4. The van der Waals surface area contributed by atoms with E-state index in [-0.39, 0.29) is 3.91 Å². The molecule has 0 unspecified atom stereocenters. The standard InChI is InChI=1S/C5H10I2N2O/c6-1-3-9(4-2-8)5(7)10/h1-4,8H2. The predicted octanol–water partition coefficient (Wildman–Crippen LogP) is 1.24. The summed E-state index contributed by atoms with van der Waals surface area (Å²) in [6.45, 7) is 2.02. The lowest BCUT2D eigenvalue weighted by Crippen LogP contribution is -2.32. The van der Waals surface area contributed by atoms with Crippen molar-refractivity contribution in [1.82, 2.24) is 4.90 Å². The molecule has 0 aromatic rings. The molecule has 0 saturated heterocycles. The third-order valence-electron chi connectivity index (χ3n) is 1.00. The van der Waals surface area contributed by atoms with Crippen molar-refractivity contribution in [1.29, 1.82) is 0 Å². The molecule has 0 rings (SSSR count). The van der Waals surface area contributed by atoms with Crippen molar-refractivity contribution >= 4 is 49.1 Å². The highest BCUT2D eigenvalue weighted by Crippen LogP contribution is 1.99. The number of hydrogen-bond donors (Lipinski definition) is 1. The summed E-state index contributed by atoms with van der Waals surface area (Å²) >= 11 is 4.02. The summed E-state index contributed by atoms with van der Waals surface area (Å²) in [6.07, 6.45) is 0. The molecule has 0 aromatic carbocycles. The molecule has 10 heavy (non-hydrogen) atoms.